The van der Waals surface area contributed by atoms with Crippen LogP contribution in [-0.2, 0) is 9.59 Å². The van der Waals surface area contributed by atoms with Crippen LogP contribution in [0.4, 0.5) is 0 Å². The van der Waals surface area contributed by atoms with Crippen molar-refractivity contribution in [3.05, 3.63) is 65.2 Å². The molecule has 1 aliphatic heterocycles. The first kappa shape index (κ1) is 17.7. The van der Waals surface area contributed by atoms with Gasteiger partial charge in [-0.1, -0.05) is 48.0 Å². The minimum Gasteiger partial charge on any atom is -0.508 e. The van der Waals surface area contributed by atoms with Crippen LogP contribution in [0.3, 0.4) is 0 Å². The third-order valence-corrected chi connectivity index (χ3v) is 4.40. The van der Waals surface area contributed by atoms with Crippen molar-refractivity contribution in [2.45, 2.75) is 32.2 Å². The second kappa shape index (κ2) is 7.39. The maximum atomic E-state index is 12.5. The van der Waals surface area contributed by atoms with E-state index in [2.05, 4.69) is 5.10 Å². The molecule has 1 heterocycles. The fourth-order valence-corrected chi connectivity index (χ4v) is 3.00. The normalized spacial score (nSPS) is 16.4. The van der Waals surface area contributed by atoms with E-state index in [-0.39, 0.29) is 24.5 Å². The summed E-state index contributed by atoms with van der Waals surface area (Å²) in [5, 5.41) is 24.8. The first-order valence-corrected chi connectivity index (χ1v) is 8.42. The molecule has 0 unspecified atom stereocenters. The molecular formula is C20H20N2O4. The molecule has 1 aliphatic rings. The fraction of sp³-hybridized carbons (Fsp3) is 0.250. The van der Waals surface area contributed by atoms with Gasteiger partial charge in [-0.2, -0.15) is 5.10 Å². The van der Waals surface area contributed by atoms with Crippen LogP contribution in [-0.4, -0.2) is 32.8 Å². The molecule has 0 fully saturated rings. The van der Waals surface area contributed by atoms with E-state index in [0.717, 1.165) is 16.8 Å². The van der Waals surface area contributed by atoms with Crippen molar-refractivity contribution < 1.29 is 19.8 Å². The quantitative estimate of drug-likeness (QED) is 0.864. The van der Waals surface area contributed by atoms with Crippen LogP contribution in [0.5, 0.6) is 5.75 Å². The minimum atomic E-state index is -1.03. The van der Waals surface area contributed by atoms with Crippen LogP contribution in [0.15, 0.2) is 53.6 Å². The molecule has 0 spiro atoms. The van der Waals surface area contributed by atoms with Crippen molar-refractivity contribution >= 4 is 17.6 Å². The van der Waals surface area contributed by atoms with Gasteiger partial charge in [-0.3, -0.25) is 9.59 Å². The van der Waals surface area contributed by atoms with E-state index >= 15 is 0 Å². The number of carboxylic acid groups (broad SMARTS) is 1. The van der Waals surface area contributed by atoms with Crippen LogP contribution in [0, 0.1) is 6.92 Å². The molecule has 3 rings (SSSR count). The van der Waals surface area contributed by atoms with E-state index in [9.17, 15) is 14.7 Å². The Kier molecular flexibility index (Phi) is 5.02. The van der Waals surface area contributed by atoms with E-state index in [4.69, 9.17) is 5.11 Å². The van der Waals surface area contributed by atoms with Gasteiger partial charge in [0.25, 0.3) is 0 Å². The lowest BCUT2D eigenvalue weighted by molar-refractivity contribution is -0.141. The molecule has 0 aliphatic carbocycles. The maximum absolute atomic E-state index is 12.5. The Morgan fingerprint density at radius 2 is 1.81 bits per heavy atom. The Balaban J connectivity index is 1.93. The van der Waals surface area contributed by atoms with E-state index in [1.54, 1.807) is 24.3 Å². The molecule has 0 aromatic heterocycles. The highest BCUT2D eigenvalue weighted by Crippen LogP contribution is 2.37. The fourth-order valence-electron chi connectivity index (χ4n) is 3.00. The third kappa shape index (κ3) is 3.74. The van der Waals surface area contributed by atoms with Crippen LogP contribution < -0.4 is 0 Å². The monoisotopic (exact) mass is 352 g/mol. The van der Waals surface area contributed by atoms with E-state index in [1.807, 2.05) is 31.2 Å². The number of amides is 1. The molecule has 2 N–H and O–H groups in total. The van der Waals surface area contributed by atoms with E-state index in [0.29, 0.717) is 12.0 Å². The number of benzene rings is 2. The van der Waals surface area contributed by atoms with Crippen molar-refractivity contribution in [2.24, 2.45) is 5.10 Å². The summed E-state index contributed by atoms with van der Waals surface area (Å²) in [4.78, 5) is 23.3. The smallest absolute Gasteiger partial charge is 0.303 e. The predicted octanol–water partition coefficient (Wildman–Crippen LogP) is 3.24. The SMILES string of the molecule is Cc1ccc(C2=NN(C(=O)CCC(=O)O)[C@@H](c3ccccc3O)C2)cc1. The zero-order valence-corrected chi connectivity index (χ0v) is 14.4. The second-order valence-electron chi connectivity index (χ2n) is 6.32. The van der Waals surface area contributed by atoms with Crippen molar-refractivity contribution in [1.82, 2.24) is 5.01 Å². The standard InChI is InChI=1S/C20H20N2O4/c1-13-6-8-14(9-7-13)16-12-17(15-4-2-3-5-18(15)23)22(21-16)19(24)10-11-20(25)26/h2-9,17,23H,10-12H2,1H3,(H,25,26)/t17-/m1/s1. The van der Waals surface area contributed by atoms with Gasteiger partial charge in [0.1, 0.15) is 5.75 Å². The van der Waals surface area contributed by atoms with Crippen molar-refractivity contribution in [2.75, 3.05) is 0 Å². The van der Waals surface area contributed by atoms with Gasteiger partial charge in [-0.05, 0) is 18.6 Å². The molecule has 6 heteroatoms. The molecule has 0 radical (unpaired) electrons. The summed E-state index contributed by atoms with van der Waals surface area (Å²) >= 11 is 0. The second-order valence-corrected chi connectivity index (χ2v) is 6.32. The largest absolute Gasteiger partial charge is 0.508 e. The summed E-state index contributed by atoms with van der Waals surface area (Å²) < 4.78 is 0. The van der Waals surface area contributed by atoms with Gasteiger partial charge in [-0.25, -0.2) is 5.01 Å². The lowest BCUT2D eigenvalue weighted by Gasteiger charge is -2.22. The third-order valence-electron chi connectivity index (χ3n) is 4.40. The number of hydrogen-bond donors (Lipinski definition) is 2. The molecule has 0 saturated heterocycles. The van der Waals surface area contributed by atoms with Gasteiger partial charge in [0, 0.05) is 18.4 Å². The maximum Gasteiger partial charge on any atom is 0.303 e. The minimum absolute atomic E-state index is 0.0916. The molecule has 2 aromatic rings. The summed E-state index contributed by atoms with van der Waals surface area (Å²) in [7, 11) is 0. The van der Waals surface area contributed by atoms with Gasteiger partial charge in [0.05, 0.1) is 18.2 Å². The topological polar surface area (TPSA) is 90.2 Å². The number of aliphatic carboxylic acids is 1. The number of carbonyl (C=O) groups excluding carboxylic acids is 1. The molecule has 6 nitrogen and oxygen atoms in total. The van der Waals surface area contributed by atoms with Crippen LogP contribution in [0.2, 0.25) is 0 Å². The van der Waals surface area contributed by atoms with Crippen molar-refractivity contribution in [3.63, 3.8) is 0 Å². The van der Waals surface area contributed by atoms with Gasteiger partial charge < -0.3 is 10.2 Å². The Labute approximate surface area is 151 Å². The molecular weight excluding hydrogens is 332 g/mol. The van der Waals surface area contributed by atoms with Gasteiger partial charge >= 0.3 is 5.97 Å². The number of nitrogens with zero attached hydrogens (tertiary/aromatic N) is 2. The van der Waals surface area contributed by atoms with Crippen LogP contribution >= 0.6 is 0 Å². The Bertz CT molecular complexity index is 858. The van der Waals surface area contributed by atoms with Crippen LogP contribution in [0.25, 0.3) is 0 Å². The zero-order valence-electron chi connectivity index (χ0n) is 14.4. The number of phenolic OH excluding ortho intramolecular Hbond substituents is 1. The first-order chi connectivity index (χ1) is 12.5. The first-order valence-electron chi connectivity index (χ1n) is 8.42. The van der Waals surface area contributed by atoms with Crippen LogP contribution in [0.1, 0.15) is 42.0 Å². The molecule has 26 heavy (non-hydrogen) atoms. The lowest BCUT2D eigenvalue weighted by Crippen LogP contribution is -2.27. The number of para-hydroxylation sites is 1. The van der Waals surface area contributed by atoms with Crippen molar-refractivity contribution in [3.8, 4) is 5.75 Å². The predicted molar refractivity (Wildman–Crippen MR) is 96.9 cm³/mol. The summed E-state index contributed by atoms with van der Waals surface area (Å²) in [6.07, 6.45) is 0.0712. The number of carboxylic acids is 1. The highest BCUT2D eigenvalue weighted by atomic mass is 16.4. The van der Waals surface area contributed by atoms with Gasteiger partial charge in [0.2, 0.25) is 5.91 Å². The average molecular weight is 352 g/mol. The molecule has 134 valence electrons. The van der Waals surface area contributed by atoms with E-state index < -0.39 is 12.0 Å². The molecule has 1 amide bonds. The van der Waals surface area contributed by atoms with Crippen molar-refractivity contribution in [1.29, 1.82) is 0 Å². The number of aryl methyl sites for hydroxylation is 1. The summed E-state index contributed by atoms with van der Waals surface area (Å²) in [5.41, 5.74) is 3.37. The number of hydrazone groups is 1. The summed E-state index contributed by atoms with van der Waals surface area (Å²) in [5.74, 6) is -1.31. The molecule has 1 atom stereocenters. The number of carbonyl (C=O) groups is 2. The number of hydrogen-bond acceptors (Lipinski definition) is 4. The number of aromatic hydroxyl groups is 1. The summed E-state index contributed by atoms with van der Waals surface area (Å²) in [6, 6.07) is 14.2. The van der Waals surface area contributed by atoms with Gasteiger partial charge in [-0.15, -0.1) is 0 Å². The highest BCUT2D eigenvalue weighted by molar-refractivity contribution is 6.03. The number of rotatable bonds is 5. The highest BCUT2D eigenvalue weighted by Gasteiger charge is 2.34. The van der Waals surface area contributed by atoms with Gasteiger partial charge in [0.15, 0.2) is 0 Å². The molecule has 0 bridgehead atoms. The number of phenols is 1. The average Bonchev–Trinajstić information content (AvgIpc) is 3.06. The lowest BCUT2D eigenvalue weighted by atomic mass is 9.97. The Hall–Kier alpha value is -3.15. The Morgan fingerprint density at radius 1 is 1.12 bits per heavy atom. The summed E-state index contributed by atoms with van der Waals surface area (Å²) in [6.45, 7) is 1.99. The Morgan fingerprint density at radius 3 is 2.46 bits per heavy atom. The van der Waals surface area contributed by atoms with E-state index in [1.165, 1.54) is 5.01 Å². The molecule has 2 aromatic carbocycles. The molecule has 0 saturated carbocycles. The zero-order chi connectivity index (χ0) is 18.7.